The molecule has 1 aliphatic rings. The topological polar surface area (TPSA) is 46.6 Å². The molecule has 5 heteroatoms. The number of para-hydroxylation sites is 1. The summed E-state index contributed by atoms with van der Waals surface area (Å²) in [6.45, 7) is 8.18. The average molecular weight is 345 g/mol. The van der Waals surface area contributed by atoms with Crippen molar-refractivity contribution in [3.63, 3.8) is 0 Å². The standard InChI is InChI=1S/C19H23NO3S/c1-5-23-18-10-11-19(15(4)14(18)3)24(21,22)20-13(2)12-16-8-6-7-9-17(16)20/h6-11,13H,5,12H2,1-4H3/t13-/m0/s1. The van der Waals surface area contributed by atoms with E-state index in [-0.39, 0.29) is 6.04 Å². The van der Waals surface area contributed by atoms with Gasteiger partial charge in [-0.2, -0.15) is 0 Å². The van der Waals surface area contributed by atoms with E-state index in [4.69, 9.17) is 4.74 Å². The molecule has 0 radical (unpaired) electrons. The zero-order valence-corrected chi connectivity index (χ0v) is 15.4. The van der Waals surface area contributed by atoms with Crippen LogP contribution in [0.4, 0.5) is 5.69 Å². The second-order valence-corrected chi connectivity index (χ2v) is 8.01. The van der Waals surface area contributed by atoms with Gasteiger partial charge in [-0.05, 0) is 69.0 Å². The van der Waals surface area contributed by atoms with Gasteiger partial charge in [-0.1, -0.05) is 18.2 Å². The Morgan fingerprint density at radius 3 is 2.54 bits per heavy atom. The number of anilines is 1. The minimum Gasteiger partial charge on any atom is -0.494 e. The van der Waals surface area contributed by atoms with Crippen LogP contribution in [0.15, 0.2) is 41.3 Å². The summed E-state index contributed by atoms with van der Waals surface area (Å²) in [7, 11) is -3.61. The number of sulfonamides is 1. The van der Waals surface area contributed by atoms with Gasteiger partial charge in [0.1, 0.15) is 5.75 Å². The molecule has 2 aromatic rings. The molecular weight excluding hydrogens is 322 g/mol. The Hall–Kier alpha value is -2.01. The van der Waals surface area contributed by atoms with Gasteiger partial charge in [0.25, 0.3) is 10.0 Å². The van der Waals surface area contributed by atoms with Crippen LogP contribution < -0.4 is 9.04 Å². The fraction of sp³-hybridized carbons (Fsp3) is 0.368. The molecule has 24 heavy (non-hydrogen) atoms. The van der Waals surface area contributed by atoms with Crippen LogP contribution in [0.2, 0.25) is 0 Å². The quantitative estimate of drug-likeness (QED) is 0.846. The highest BCUT2D eigenvalue weighted by Gasteiger charge is 2.36. The van der Waals surface area contributed by atoms with Gasteiger partial charge in [0.15, 0.2) is 0 Å². The summed E-state index contributed by atoms with van der Waals surface area (Å²) in [6.07, 6.45) is 0.741. The van der Waals surface area contributed by atoms with Crippen molar-refractivity contribution in [2.75, 3.05) is 10.9 Å². The highest BCUT2D eigenvalue weighted by Crippen LogP contribution is 2.38. The van der Waals surface area contributed by atoms with Gasteiger partial charge < -0.3 is 4.74 Å². The Morgan fingerprint density at radius 2 is 1.83 bits per heavy atom. The third-order valence-electron chi connectivity index (χ3n) is 4.67. The maximum atomic E-state index is 13.3. The summed E-state index contributed by atoms with van der Waals surface area (Å²) < 4.78 is 33.8. The zero-order valence-electron chi connectivity index (χ0n) is 14.5. The molecule has 0 aromatic heterocycles. The lowest BCUT2D eigenvalue weighted by Crippen LogP contribution is -2.36. The highest BCUT2D eigenvalue weighted by molar-refractivity contribution is 7.93. The molecule has 128 valence electrons. The molecule has 0 saturated heterocycles. The molecule has 1 atom stereocenters. The van der Waals surface area contributed by atoms with Crippen LogP contribution in [0.3, 0.4) is 0 Å². The van der Waals surface area contributed by atoms with Crippen molar-refractivity contribution in [1.29, 1.82) is 0 Å². The smallest absolute Gasteiger partial charge is 0.264 e. The van der Waals surface area contributed by atoms with E-state index in [1.54, 1.807) is 16.4 Å². The van der Waals surface area contributed by atoms with Crippen molar-refractivity contribution >= 4 is 15.7 Å². The van der Waals surface area contributed by atoms with Crippen LogP contribution in [0.5, 0.6) is 5.75 Å². The molecule has 2 aromatic carbocycles. The molecule has 1 aliphatic heterocycles. The molecule has 0 bridgehead atoms. The minimum absolute atomic E-state index is 0.0846. The first-order chi connectivity index (χ1) is 11.4. The molecule has 0 aliphatic carbocycles. The Morgan fingerprint density at radius 1 is 1.12 bits per heavy atom. The number of hydrogen-bond acceptors (Lipinski definition) is 3. The first-order valence-electron chi connectivity index (χ1n) is 8.23. The van der Waals surface area contributed by atoms with Gasteiger partial charge in [0.05, 0.1) is 17.2 Å². The van der Waals surface area contributed by atoms with E-state index in [0.29, 0.717) is 11.5 Å². The molecule has 0 unspecified atom stereocenters. The summed E-state index contributed by atoms with van der Waals surface area (Å²) in [5.41, 5.74) is 3.49. The Kier molecular flexibility index (Phi) is 4.30. The summed E-state index contributed by atoms with van der Waals surface area (Å²) in [6, 6.07) is 11.1. The van der Waals surface area contributed by atoms with Crippen LogP contribution in [-0.4, -0.2) is 21.1 Å². The molecule has 4 nitrogen and oxygen atoms in total. The summed E-state index contributed by atoms with van der Waals surface area (Å²) in [4.78, 5) is 0.354. The fourth-order valence-electron chi connectivity index (χ4n) is 3.37. The lowest BCUT2D eigenvalue weighted by Gasteiger charge is -2.26. The van der Waals surface area contributed by atoms with Crippen LogP contribution in [0.25, 0.3) is 0 Å². The number of fused-ring (bicyclic) bond motifs is 1. The van der Waals surface area contributed by atoms with E-state index < -0.39 is 10.0 Å². The van der Waals surface area contributed by atoms with Crippen LogP contribution >= 0.6 is 0 Å². The summed E-state index contributed by atoms with van der Waals surface area (Å²) in [5, 5.41) is 0. The van der Waals surface area contributed by atoms with Crippen molar-refractivity contribution in [3.8, 4) is 5.75 Å². The predicted octanol–water partition coefficient (Wildman–Crippen LogP) is 3.84. The average Bonchev–Trinajstić information content (AvgIpc) is 2.88. The largest absolute Gasteiger partial charge is 0.494 e. The lowest BCUT2D eigenvalue weighted by molar-refractivity contribution is 0.337. The molecule has 0 fully saturated rings. The van der Waals surface area contributed by atoms with E-state index >= 15 is 0 Å². The van der Waals surface area contributed by atoms with Gasteiger partial charge >= 0.3 is 0 Å². The van der Waals surface area contributed by atoms with Crippen molar-refractivity contribution < 1.29 is 13.2 Å². The number of benzene rings is 2. The minimum atomic E-state index is -3.61. The van der Waals surface area contributed by atoms with Gasteiger partial charge in [0.2, 0.25) is 0 Å². The zero-order chi connectivity index (χ0) is 17.5. The molecule has 3 rings (SSSR count). The monoisotopic (exact) mass is 345 g/mol. The predicted molar refractivity (Wildman–Crippen MR) is 96.4 cm³/mol. The summed E-state index contributed by atoms with van der Waals surface area (Å²) >= 11 is 0. The van der Waals surface area contributed by atoms with Crippen molar-refractivity contribution in [3.05, 3.63) is 53.1 Å². The van der Waals surface area contributed by atoms with E-state index in [2.05, 4.69) is 0 Å². The Bertz CT molecular complexity index is 874. The van der Waals surface area contributed by atoms with E-state index in [9.17, 15) is 8.42 Å². The third-order valence-corrected chi connectivity index (χ3v) is 6.74. The normalized spacial score (nSPS) is 17.0. The fourth-order valence-corrected chi connectivity index (χ4v) is 5.35. The first kappa shape index (κ1) is 16.8. The molecule has 0 amide bonds. The number of nitrogens with zero attached hydrogens (tertiary/aromatic N) is 1. The summed E-state index contributed by atoms with van der Waals surface area (Å²) in [5.74, 6) is 0.740. The molecule has 0 saturated carbocycles. The Labute approximate surface area is 144 Å². The SMILES string of the molecule is CCOc1ccc(S(=O)(=O)N2c3ccccc3C[C@@H]2C)c(C)c1C. The van der Waals surface area contributed by atoms with E-state index in [1.807, 2.05) is 52.0 Å². The molecular formula is C19H23NO3S. The van der Waals surface area contributed by atoms with Crippen molar-refractivity contribution in [1.82, 2.24) is 0 Å². The van der Waals surface area contributed by atoms with Crippen LogP contribution in [-0.2, 0) is 16.4 Å². The van der Waals surface area contributed by atoms with Gasteiger partial charge in [-0.3, -0.25) is 4.31 Å². The number of rotatable bonds is 4. The van der Waals surface area contributed by atoms with Gasteiger partial charge in [-0.25, -0.2) is 8.42 Å². The maximum absolute atomic E-state index is 13.3. The first-order valence-corrected chi connectivity index (χ1v) is 9.67. The second kappa shape index (κ2) is 6.13. The van der Waals surface area contributed by atoms with Crippen molar-refractivity contribution in [2.45, 2.75) is 45.1 Å². The second-order valence-electron chi connectivity index (χ2n) is 6.23. The van der Waals surface area contributed by atoms with Crippen LogP contribution in [0, 0.1) is 13.8 Å². The number of ether oxygens (including phenoxy) is 1. The molecule has 0 N–H and O–H groups in total. The van der Waals surface area contributed by atoms with Crippen molar-refractivity contribution in [2.24, 2.45) is 0 Å². The molecule has 1 heterocycles. The third kappa shape index (κ3) is 2.57. The van der Waals surface area contributed by atoms with Crippen LogP contribution in [0.1, 0.15) is 30.5 Å². The lowest BCUT2D eigenvalue weighted by atomic mass is 10.1. The highest BCUT2D eigenvalue weighted by atomic mass is 32.2. The van der Waals surface area contributed by atoms with Gasteiger partial charge in [0, 0.05) is 6.04 Å². The number of hydrogen-bond donors (Lipinski definition) is 0. The van der Waals surface area contributed by atoms with Gasteiger partial charge in [-0.15, -0.1) is 0 Å². The molecule has 0 spiro atoms. The Balaban J connectivity index is 2.11. The maximum Gasteiger partial charge on any atom is 0.264 e. The van der Waals surface area contributed by atoms with E-state index in [1.165, 1.54) is 0 Å². The van der Waals surface area contributed by atoms with E-state index in [0.717, 1.165) is 34.5 Å².